The van der Waals surface area contributed by atoms with Crippen LogP contribution in [0, 0.1) is 0 Å². The second kappa shape index (κ2) is 8.86. The lowest BCUT2D eigenvalue weighted by molar-refractivity contribution is -1.02. The quantitative estimate of drug-likeness (QED) is 0.574. The molecule has 1 amide bonds. The van der Waals surface area contributed by atoms with Crippen molar-refractivity contribution in [1.29, 1.82) is 0 Å². The molecule has 0 saturated carbocycles. The van der Waals surface area contributed by atoms with Gasteiger partial charge in [0.1, 0.15) is 32.7 Å². The summed E-state index contributed by atoms with van der Waals surface area (Å²) in [5.41, 5.74) is 1.43. The fourth-order valence-corrected chi connectivity index (χ4v) is 4.89. The molecule has 1 aromatic heterocycles. The maximum atomic E-state index is 12.4. The van der Waals surface area contributed by atoms with Gasteiger partial charge in [-0.3, -0.25) is 4.79 Å². The Labute approximate surface area is 170 Å². The van der Waals surface area contributed by atoms with E-state index in [1.165, 1.54) is 26.1 Å². The maximum absolute atomic E-state index is 12.4. The average Bonchev–Trinajstić information content (AvgIpc) is 3.25. The Bertz CT molecular complexity index is 911. The van der Waals surface area contributed by atoms with Crippen molar-refractivity contribution in [3.05, 3.63) is 70.4 Å². The molecule has 28 heavy (non-hydrogen) atoms. The van der Waals surface area contributed by atoms with E-state index in [1.807, 2.05) is 6.07 Å². The van der Waals surface area contributed by atoms with Crippen LogP contribution in [0.4, 0.5) is 0 Å². The van der Waals surface area contributed by atoms with Crippen molar-refractivity contribution < 1.29 is 14.6 Å². The lowest BCUT2D eigenvalue weighted by atomic mass is 10.0. The highest BCUT2D eigenvalue weighted by Gasteiger charge is 2.25. The average molecular weight is 396 g/mol. The second-order valence-corrected chi connectivity index (χ2v) is 8.78. The van der Waals surface area contributed by atoms with Crippen LogP contribution in [0.25, 0.3) is 10.8 Å². The molecule has 2 aromatic carbocycles. The molecule has 146 valence electrons. The van der Waals surface area contributed by atoms with Crippen molar-refractivity contribution >= 4 is 28.0 Å². The van der Waals surface area contributed by atoms with Gasteiger partial charge in [-0.2, -0.15) is 0 Å². The van der Waals surface area contributed by atoms with Gasteiger partial charge in [0.15, 0.2) is 6.54 Å². The van der Waals surface area contributed by atoms with E-state index in [0.717, 1.165) is 32.7 Å². The first-order valence-corrected chi connectivity index (χ1v) is 11.0. The van der Waals surface area contributed by atoms with Crippen molar-refractivity contribution in [3.8, 4) is 0 Å². The number of hydrogen-bond donors (Lipinski definition) is 3. The zero-order valence-electron chi connectivity index (χ0n) is 16.4. The predicted molar refractivity (Wildman–Crippen MR) is 115 cm³/mol. The smallest absolute Gasteiger partial charge is 0.275 e. The van der Waals surface area contributed by atoms with E-state index < -0.39 is 0 Å². The van der Waals surface area contributed by atoms with E-state index in [2.05, 4.69) is 66.2 Å². The number of amides is 1. The minimum absolute atomic E-state index is 0.102. The first-order valence-electron chi connectivity index (χ1n) is 10.2. The van der Waals surface area contributed by atoms with Crippen molar-refractivity contribution in [2.75, 3.05) is 32.7 Å². The summed E-state index contributed by atoms with van der Waals surface area (Å²) in [7, 11) is 0. The predicted octanol–water partition coefficient (Wildman–Crippen LogP) is 1.06. The van der Waals surface area contributed by atoms with Crippen LogP contribution in [0.15, 0.2) is 60.0 Å². The molecule has 0 aliphatic carbocycles. The maximum Gasteiger partial charge on any atom is 0.275 e. The van der Waals surface area contributed by atoms with Crippen molar-refractivity contribution in [1.82, 2.24) is 5.32 Å². The van der Waals surface area contributed by atoms with Crippen LogP contribution in [-0.2, 0) is 11.3 Å². The number of rotatable bonds is 6. The molecule has 2 heterocycles. The lowest BCUT2D eigenvalue weighted by Gasteiger charge is -2.29. The summed E-state index contributed by atoms with van der Waals surface area (Å²) in [5, 5.41) is 7.89. The Kier molecular flexibility index (Phi) is 6.05. The molecule has 0 unspecified atom stereocenters. The van der Waals surface area contributed by atoms with Crippen LogP contribution in [-0.4, -0.2) is 38.6 Å². The van der Waals surface area contributed by atoms with Crippen LogP contribution in [0.2, 0.25) is 0 Å². The van der Waals surface area contributed by atoms with Gasteiger partial charge in [-0.15, -0.1) is 11.3 Å². The zero-order chi connectivity index (χ0) is 19.3. The molecular formula is C23H29N3OS+2. The van der Waals surface area contributed by atoms with Gasteiger partial charge in [-0.1, -0.05) is 48.5 Å². The van der Waals surface area contributed by atoms with Crippen molar-refractivity contribution in [2.45, 2.75) is 19.5 Å². The van der Waals surface area contributed by atoms with E-state index in [-0.39, 0.29) is 11.9 Å². The number of quaternary nitrogens is 2. The van der Waals surface area contributed by atoms with Gasteiger partial charge >= 0.3 is 0 Å². The Morgan fingerprint density at radius 2 is 1.75 bits per heavy atom. The Morgan fingerprint density at radius 1 is 1.00 bits per heavy atom. The van der Waals surface area contributed by atoms with Crippen LogP contribution in [0.5, 0.6) is 0 Å². The molecule has 0 bridgehead atoms. The second-order valence-electron chi connectivity index (χ2n) is 7.80. The minimum atomic E-state index is 0.102. The summed E-state index contributed by atoms with van der Waals surface area (Å²) in [6, 6.07) is 19.5. The highest BCUT2D eigenvalue weighted by molar-refractivity contribution is 7.10. The van der Waals surface area contributed by atoms with Crippen LogP contribution in [0.1, 0.15) is 23.4 Å². The number of fused-ring (bicyclic) bond motifs is 1. The summed E-state index contributed by atoms with van der Waals surface area (Å²) < 4.78 is 0. The van der Waals surface area contributed by atoms with Gasteiger partial charge in [0.25, 0.3) is 5.91 Å². The monoisotopic (exact) mass is 395 g/mol. The van der Waals surface area contributed by atoms with Crippen LogP contribution in [0.3, 0.4) is 0 Å². The number of carbonyl (C=O) groups is 1. The topological polar surface area (TPSA) is 38.0 Å². The summed E-state index contributed by atoms with van der Waals surface area (Å²) in [4.78, 5) is 16.6. The molecular weight excluding hydrogens is 366 g/mol. The highest BCUT2D eigenvalue weighted by atomic mass is 32.1. The summed E-state index contributed by atoms with van der Waals surface area (Å²) in [5.74, 6) is 0.161. The first kappa shape index (κ1) is 19.1. The molecule has 3 N–H and O–H groups in total. The number of carbonyl (C=O) groups excluding carboxylic acids is 1. The van der Waals surface area contributed by atoms with E-state index in [4.69, 9.17) is 0 Å². The van der Waals surface area contributed by atoms with Gasteiger partial charge in [0.2, 0.25) is 0 Å². The third-order valence-corrected chi connectivity index (χ3v) is 6.80. The standard InChI is InChI=1S/C23H27N3OS/c1-18(22-10-5-15-28-22)24-23(27)17-26-13-11-25(12-14-26)16-20-8-4-7-19-6-2-3-9-21(19)20/h2-10,15,18H,11-14,16-17H2,1H3,(H,24,27)/p+2/t18-/m1/s1. The highest BCUT2D eigenvalue weighted by Crippen LogP contribution is 2.18. The fourth-order valence-electron chi connectivity index (χ4n) is 4.16. The molecule has 4 rings (SSSR count). The molecule has 3 aromatic rings. The molecule has 1 fully saturated rings. The molecule has 5 heteroatoms. The van der Waals surface area contributed by atoms with Gasteiger partial charge in [0.05, 0.1) is 6.04 Å². The van der Waals surface area contributed by atoms with Crippen molar-refractivity contribution in [3.63, 3.8) is 0 Å². The largest absolute Gasteiger partial charge is 0.344 e. The number of hydrogen-bond acceptors (Lipinski definition) is 2. The fraction of sp³-hybridized carbons (Fsp3) is 0.348. The van der Waals surface area contributed by atoms with Crippen LogP contribution < -0.4 is 15.1 Å². The molecule has 0 radical (unpaired) electrons. The third kappa shape index (κ3) is 4.61. The Morgan fingerprint density at radius 3 is 2.54 bits per heavy atom. The SMILES string of the molecule is C[C@@H](NC(=O)C[NH+]1CC[NH+](Cc2cccc3ccccc23)CC1)c1cccs1. The Hall–Kier alpha value is -2.21. The van der Waals surface area contributed by atoms with Crippen LogP contribution >= 0.6 is 11.3 Å². The third-order valence-electron chi connectivity index (χ3n) is 5.74. The zero-order valence-corrected chi connectivity index (χ0v) is 17.2. The number of thiophene rings is 1. The molecule has 1 atom stereocenters. The lowest BCUT2D eigenvalue weighted by Crippen LogP contribution is -3.28. The summed E-state index contributed by atoms with van der Waals surface area (Å²) in [6.07, 6.45) is 0. The number of benzene rings is 2. The first-order chi connectivity index (χ1) is 13.7. The molecule has 4 nitrogen and oxygen atoms in total. The minimum Gasteiger partial charge on any atom is -0.344 e. The molecule has 1 aliphatic rings. The normalized spacial score (nSPS) is 20.8. The van der Waals surface area contributed by atoms with Crippen molar-refractivity contribution in [2.24, 2.45) is 0 Å². The molecule has 1 aliphatic heterocycles. The van der Waals surface area contributed by atoms with E-state index in [0.29, 0.717) is 6.54 Å². The van der Waals surface area contributed by atoms with Gasteiger partial charge in [0, 0.05) is 10.4 Å². The number of nitrogens with one attached hydrogen (secondary N) is 3. The van der Waals surface area contributed by atoms with Gasteiger partial charge in [-0.25, -0.2) is 0 Å². The van der Waals surface area contributed by atoms with Gasteiger partial charge in [-0.05, 0) is 29.1 Å². The summed E-state index contributed by atoms with van der Waals surface area (Å²) >= 11 is 1.70. The van der Waals surface area contributed by atoms with E-state index in [9.17, 15) is 4.79 Å². The number of piperazine rings is 1. The van der Waals surface area contributed by atoms with Gasteiger partial charge < -0.3 is 15.1 Å². The van der Waals surface area contributed by atoms with E-state index >= 15 is 0 Å². The molecule has 0 spiro atoms. The molecule has 1 saturated heterocycles. The van der Waals surface area contributed by atoms with E-state index in [1.54, 1.807) is 16.2 Å². The Balaban J connectivity index is 1.27. The summed E-state index contributed by atoms with van der Waals surface area (Å²) in [6.45, 7) is 8.05.